The van der Waals surface area contributed by atoms with Crippen molar-refractivity contribution in [2.45, 2.75) is 25.7 Å². The average Bonchev–Trinajstić information content (AvgIpc) is 2.41. The molecule has 1 aromatic carbocycles. The van der Waals surface area contributed by atoms with Gasteiger partial charge in [0.1, 0.15) is 11.6 Å². The van der Waals surface area contributed by atoms with Crippen molar-refractivity contribution in [1.82, 2.24) is 4.90 Å². The quantitative estimate of drug-likeness (QED) is 0.742. The Hall–Kier alpha value is -0.850. The normalized spacial score (nSPS) is 16.5. The Labute approximate surface area is 126 Å². The predicted molar refractivity (Wildman–Crippen MR) is 79.9 cm³/mol. The molecule has 0 radical (unpaired) electrons. The number of carbonyl (C=O) groups is 1. The van der Waals surface area contributed by atoms with Crippen molar-refractivity contribution < 1.29 is 13.9 Å². The Morgan fingerprint density at radius 1 is 1.42 bits per heavy atom. The first kappa shape index (κ1) is 14.6. The lowest BCUT2D eigenvalue weighted by Crippen LogP contribution is -2.36. The molecule has 0 atom stereocenters. The molecular formula is C14H17FINO2. The molecule has 0 bridgehead atoms. The Balaban J connectivity index is 2.15. The van der Waals surface area contributed by atoms with Gasteiger partial charge in [0, 0.05) is 26.1 Å². The van der Waals surface area contributed by atoms with E-state index in [9.17, 15) is 9.18 Å². The molecule has 0 aliphatic carbocycles. The van der Waals surface area contributed by atoms with Gasteiger partial charge in [-0.3, -0.25) is 4.79 Å². The zero-order chi connectivity index (χ0) is 14.0. The number of carbonyl (C=O) groups excluding carboxylic acids is 1. The maximum atomic E-state index is 14.1. The van der Waals surface area contributed by atoms with E-state index >= 15 is 0 Å². The lowest BCUT2D eigenvalue weighted by molar-refractivity contribution is -0.129. The highest BCUT2D eigenvalue weighted by Gasteiger charge is 2.24. The molecule has 1 aliphatic rings. The molecule has 1 amide bonds. The Morgan fingerprint density at radius 2 is 2.05 bits per heavy atom. The van der Waals surface area contributed by atoms with Gasteiger partial charge in [-0.1, -0.05) is 0 Å². The highest BCUT2D eigenvalue weighted by molar-refractivity contribution is 14.1. The second-order valence-electron chi connectivity index (χ2n) is 4.79. The van der Waals surface area contributed by atoms with Crippen LogP contribution in [0.3, 0.4) is 0 Å². The minimum absolute atomic E-state index is 0.100. The number of nitrogens with zero attached hydrogens (tertiary/aromatic N) is 1. The third-order valence-electron chi connectivity index (χ3n) is 3.65. The van der Waals surface area contributed by atoms with Gasteiger partial charge in [-0.05, 0) is 53.0 Å². The summed E-state index contributed by atoms with van der Waals surface area (Å²) in [4.78, 5) is 13.1. The molecule has 2 rings (SSSR count). The van der Waals surface area contributed by atoms with Crippen LogP contribution in [-0.4, -0.2) is 31.0 Å². The molecule has 0 aromatic heterocycles. The number of piperidine rings is 1. The number of methoxy groups -OCH3 is 1. The fraction of sp³-hybridized carbons (Fsp3) is 0.500. The van der Waals surface area contributed by atoms with Crippen LogP contribution in [0.1, 0.15) is 31.2 Å². The first-order valence-corrected chi connectivity index (χ1v) is 7.39. The minimum Gasteiger partial charge on any atom is -0.496 e. The second-order valence-corrected chi connectivity index (χ2v) is 5.95. The molecular weight excluding hydrogens is 360 g/mol. The van der Waals surface area contributed by atoms with Crippen LogP contribution in [0.15, 0.2) is 12.1 Å². The van der Waals surface area contributed by atoms with Gasteiger partial charge >= 0.3 is 0 Å². The number of hydrogen-bond donors (Lipinski definition) is 0. The molecule has 19 heavy (non-hydrogen) atoms. The molecule has 1 aliphatic heterocycles. The average molecular weight is 377 g/mol. The van der Waals surface area contributed by atoms with E-state index in [1.54, 1.807) is 14.0 Å². The van der Waals surface area contributed by atoms with E-state index in [1.807, 2.05) is 11.0 Å². The number of rotatable bonds is 2. The number of ether oxygens (including phenoxy) is 1. The van der Waals surface area contributed by atoms with Crippen molar-refractivity contribution in [3.8, 4) is 5.75 Å². The minimum atomic E-state index is -0.210. The summed E-state index contributed by atoms with van der Waals surface area (Å²) in [6, 6.07) is 3.32. The maximum absolute atomic E-state index is 14.1. The molecule has 1 aromatic rings. The molecule has 3 nitrogen and oxygen atoms in total. The molecule has 1 fully saturated rings. The Morgan fingerprint density at radius 3 is 2.58 bits per heavy atom. The fourth-order valence-corrected chi connectivity index (χ4v) is 3.23. The van der Waals surface area contributed by atoms with Crippen molar-refractivity contribution in [3.63, 3.8) is 0 Å². The van der Waals surface area contributed by atoms with Gasteiger partial charge in [0.05, 0.1) is 10.7 Å². The van der Waals surface area contributed by atoms with Crippen molar-refractivity contribution in [2.75, 3.05) is 20.2 Å². The zero-order valence-corrected chi connectivity index (χ0v) is 13.2. The van der Waals surface area contributed by atoms with E-state index in [1.165, 1.54) is 6.07 Å². The van der Waals surface area contributed by atoms with E-state index in [2.05, 4.69) is 22.6 Å². The highest BCUT2D eigenvalue weighted by atomic mass is 127. The third kappa shape index (κ3) is 3.19. The standard InChI is InChI=1S/C14H17FINO2/c1-9(18)17-5-3-10(4-6-17)11-7-13(16)14(19-2)8-12(11)15/h7-8,10H,3-6H2,1-2H3. The molecule has 104 valence electrons. The van der Waals surface area contributed by atoms with Crippen LogP contribution in [0.2, 0.25) is 0 Å². The van der Waals surface area contributed by atoms with Gasteiger partial charge < -0.3 is 9.64 Å². The van der Waals surface area contributed by atoms with Crippen LogP contribution in [0.5, 0.6) is 5.75 Å². The number of benzene rings is 1. The van der Waals surface area contributed by atoms with Crippen molar-refractivity contribution in [1.29, 1.82) is 0 Å². The van der Waals surface area contributed by atoms with Crippen LogP contribution in [0.25, 0.3) is 0 Å². The van der Waals surface area contributed by atoms with Crippen LogP contribution in [0.4, 0.5) is 4.39 Å². The largest absolute Gasteiger partial charge is 0.496 e. The molecule has 5 heteroatoms. The van der Waals surface area contributed by atoms with Crippen molar-refractivity contribution >= 4 is 28.5 Å². The topological polar surface area (TPSA) is 29.5 Å². The SMILES string of the molecule is COc1cc(F)c(C2CCN(C(C)=O)CC2)cc1I. The Kier molecular flexibility index (Phi) is 4.65. The molecule has 0 unspecified atom stereocenters. The first-order chi connectivity index (χ1) is 9.02. The van der Waals surface area contributed by atoms with Crippen molar-refractivity contribution in [3.05, 3.63) is 27.1 Å². The summed E-state index contributed by atoms with van der Waals surface area (Å²) < 4.78 is 20.1. The lowest BCUT2D eigenvalue weighted by atomic mass is 9.89. The van der Waals surface area contributed by atoms with Crippen molar-refractivity contribution in [2.24, 2.45) is 0 Å². The molecule has 0 N–H and O–H groups in total. The van der Waals surface area contributed by atoms with Crippen LogP contribution < -0.4 is 4.74 Å². The van der Waals surface area contributed by atoms with Gasteiger partial charge in [0.2, 0.25) is 5.91 Å². The summed E-state index contributed by atoms with van der Waals surface area (Å²) >= 11 is 2.16. The van der Waals surface area contributed by atoms with Gasteiger partial charge in [-0.15, -0.1) is 0 Å². The zero-order valence-electron chi connectivity index (χ0n) is 11.1. The van der Waals surface area contributed by atoms with Gasteiger partial charge in [-0.25, -0.2) is 4.39 Å². The van der Waals surface area contributed by atoms with E-state index in [0.717, 1.165) is 22.0 Å². The number of hydrogen-bond acceptors (Lipinski definition) is 2. The number of halogens is 2. The summed E-state index contributed by atoms with van der Waals surface area (Å²) in [7, 11) is 1.54. The van der Waals surface area contributed by atoms with E-state index in [-0.39, 0.29) is 17.6 Å². The molecule has 1 saturated heterocycles. The van der Waals surface area contributed by atoms with Crippen LogP contribution in [0, 0.1) is 9.39 Å². The van der Waals surface area contributed by atoms with E-state index < -0.39 is 0 Å². The van der Waals surface area contributed by atoms with Crippen LogP contribution in [-0.2, 0) is 4.79 Å². The second kappa shape index (κ2) is 6.07. The lowest BCUT2D eigenvalue weighted by Gasteiger charge is -2.31. The maximum Gasteiger partial charge on any atom is 0.219 e. The monoisotopic (exact) mass is 377 g/mol. The molecule has 0 spiro atoms. The van der Waals surface area contributed by atoms with E-state index in [4.69, 9.17) is 4.74 Å². The summed E-state index contributed by atoms with van der Waals surface area (Å²) in [6.07, 6.45) is 1.64. The van der Waals surface area contributed by atoms with Gasteiger partial charge in [-0.2, -0.15) is 0 Å². The van der Waals surface area contributed by atoms with Gasteiger partial charge in [0.15, 0.2) is 0 Å². The Bertz CT molecular complexity index is 485. The first-order valence-electron chi connectivity index (χ1n) is 6.31. The summed E-state index contributed by atoms with van der Waals surface area (Å²) in [6.45, 7) is 3.00. The highest BCUT2D eigenvalue weighted by Crippen LogP contribution is 2.34. The van der Waals surface area contributed by atoms with E-state index in [0.29, 0.717) is 18.8 Å². The third-order valence-corrected chi connectivity index (χ3v) is 4.49. The summed E-state index contributed by atoms with van der Waals surface area (Å²) in [5.74, 6) is 0.653. The fourth-order valence-electron chi connectivity index (χ4n) is 2.52. The van der Waals surface area contributed by atoms with Gasteiger partial charge in [0.25, 0.3) is 0 Å². The van der Waals surface area contributed by atoms with Crippen LogP contribution >= 0.6 is 22.6 Å². The smallest absolute Gasteiger partial charge is 0.219 e. The number of amides is 1. The molecule has 1 heterocycles. The summed E-state index contributed by atoms with van der Waals surface area (Å²) in [5.41, 5.74) is 0.744. The predicted octanol–water partition coefficient (Wildman–Crippen LogP) is 3.16. The number of likely N-dealkylation sites (tertiary alicyclic amines) is 1. The summed E-state index contributed by atoms with van der Waals surface area (Å²) in [5, 5.41) is 0. The molecule has 0 saturated carbocycles.